The van der Waals surface area contributed by atoms with Crippen LogP contribution in [0.5, 0.6) is 0 Å². The zero-order valence-corrected chi connectivity index (χ0v) is 14.6. The molecule has 0 aromatic carbocycles. The molecule has 3 aromatic rings. The Morgan fingerprint density at radius 2 is 2.25 bits per heavy atom. The topological polar surface area (TPSA) is 93.5 Å². The van der Waals surface area contributed by atoms with Crippen LogP contribution in [0.25, 0.3) is 11.4 Å². The Morgan fingerprint density at radius 3 is 2.88 bits per heavy atom. The van der Waals surface area contributed by atoms with Crippen LogP contribution in [0, 0.1) is 13.8 Å². The fourth-order valence-corrected chi connectivity index (χ4v) is 3.36. The molecule has 0 unspecified atom stereocenters. The molecule has 0 amide bonds. The lowest BCUT2D eigenvalue weighted by Gasteiger charge is -2.02. The Labute approximate surface area is 146 Å². The highest BCUT2D eigenvalue weighted by Gasteiger charge is 2.18. The SMILES string of the molecule is Cc1ccc(/C=N\n2c(SCC(=O)O)nnc2-c2ccoc2C)s1. The second-order valence-corrected chi connectivity index (χ2v) is 7.15. The molecular weight excluding hydrogens is 348 g/mol. The number of carbonyl (C=O) groups is 1. The van der Waals surface area contributed by atoms with Crippen LogP contribution in [0.1, 0.15) is 15.5 Å². The third kappa shape index (κ3) is 3.57. The van der Waals surface area contributed by atoms with Gasteiger partial charge in [0.15, 0.2) is 5.82 Å². The second-order valence-electron chi connectivity index (χ2n) is 4.88. The molecule has 3 rings (SSSR count). The van der Waals surface area contributed by atoms with Gasteiger partial charge in [-0.25, -0.2) is 0 Å². The summed E-state index contributed by atoms with van der Waals surface area (Å²) in [5.41, 5.74) is 0.768. The van der Waals surface area contributed by atoms with E-state index >= 15 is 0 Å². The lowest BCUT2D eigenvalue weighted by atomic mass is 10.2. The maximum atomic E-state index is 10.8. The molecule has 0 saturated carbocycles. The minimum absolute atomic E-state index is 0.115. The Morgan fingerprint density at radius 1 is 1.42 bits per heavy atom. The molecule has 0 aliphatic carbocycles. The number of thiophene rings is 1. The van der Waals surface area contributed by atoms with Crippen LogP contribution in [-0.2, 0) is 4.79 Å². The van der Waals surface area contributed by atoms with Crippen molar-refractivity contribution in [2.24, 2.45) is 5.10 Å². The molecule has 0 bridgehead atoms. The summed E-state index contributed by atoms with van der Waals surface area (Å²) < 4.78 is 6.86. The minimum Gasteiger partial charge on any atom is -0.481 e. The van der Waals surface area contributed by atoms with Gasteiger partial charge in [-0.3, -0.25) is 4.79 Å². The van der Waals surface area contributed by atoms with Gasteiger partial charge < -0.3 is 9.52 Å². The predicted octanol–water partition coefficient (Wildman–Crippen LogP) is 3.28. The number of carboxylic acid groups (broad SMARTS) is 1. The van der Waals surface area contributed by atoms with E-state index in [4.69, 9.17) is 9.52 Å². The van der Waals surface area contributed by atoms with Gasteiger partial charge in [-0.15, -0.1) is 21.5 Å². The third-order valence-electron chi connectivity index (χ3n) is 3.10. The molecule has 24 heavy (non-hydrogen) atoms. The number of hydrogen-bond donors (Lipinski definition) is 1. The van der Waals surface area contributed by atoms with E-state index in [2.05, 4.69) is 15.3 Å². The van der Waals surface area contributed by atoms with Crippen LogP contribution in [0.4, 0.5) is 0 Å². The van der Waals surface area contributed by atoms with Gasteiger partial charge in [-0.1, -0.05) is 11.8 Å². The van der Waals surface area contributed by atoms with Crippen molar-refractivity contribution >= 4 is 35.3 Å². The van der Waals surface area contributed by atoms with Crippen LogP contribution in [0.2, 0.25) is 0 Å². The Kier molecular flexibility index (Phi) is 4.81. The maximum absolute atomic E-state index is 10.8. The van der Waals surface area contributed by atoms with Gasteiger partial charge in [0.2, 0.25) is 5.16 Å². The van der Waals surface area contributed by atoms with E-state index in [1.54, 1.807) is 34.6 Å². The number of aromatic nitrogens is 3. The normalized spacial score (nSPS) is 11.4. The Balaban J connectivity index is 1.99. The van der Waals surface area contributed by atoms with E-state index in [1.807, 2.05) is 26.0 Å². The zero-order chi connectivity index (χ0) is 17.1. The van der Waals surface area contributed by atoms with Gasteiger partial charge in [0.25, 0.3) is 0 Å². The minimum atomic E-state index is -0.923. The predicted molar refractivity (Wildman–Crippen MR) is 92.9 cm³/mol. The van der Waals surface area contributed by atoms with Crippen molar-refractivity contribution in [2.45, 2.75) is 19.0 Å². The number of thioether (sulfide) groups is 1. The molecule has 0 spiro atoms. The summed E-state index contributed by atoms with van der Waals surface area (Å²) in [7, 11) is 0. The Hall–Kier alpha value is -2.39. The summed E-state index contributed by atoms with van der Waals surface area (Å²) in [6, 6.07) is 5.77. The third-order valence-corrected chi connectivity index (χ3v) is 4.94. The van der Waals surface area contributed by atoms with Crippen LogP contribution < -0.4 is 0 Å². The first-order valence-corrected chi connectivity index (χ1v) is 8.80. The van der Waals surface area contributed by atoms with Crippen LogP contribution in [0.3, 0.4) is 0 Å². The average molecular weight is 362 g/mol. The van der Waals surface area contributed by atoms with E-state index in [0.717, 1.165) is 22.2 Å². The van der Waals surface area contributed by atoms with Crippen molar-refractivity contribution < 1.29 is 14.3 Å². The van der Waals surface area contributed by atoms with Crippen molar-refractivity contribution in [3.63, 3.8) is 0 Å². The first-order valence-electron chi connectivity index (χ1n) is 7.00. The van der Waals surface area contributed by atoms with Crippen molar-refractivity contribution in [3.05, 3.63) is 40.0 Å². The quantitative estimate of drug-likeness (QED) is 0.534. The highest BCUT2D eigenvalue weighted by Crippen LogP contribution is 2.27. The molecular formula is C15H14N4O3S2. The second kappa shape index (κ2) is 7.02. The molecule has 124 valence electrons. The standard InChI is InChI=1S/C15H14N4O3S2/c1-9-3-4-11(24-9)7-16-19-14(12-5-6-22-10(12)2)17-18-15(19)23-8-13(20)21/h3-7H,8H2,1-2H3,(H,20,21)/b16-7-. The molecule has 9 heteroatoms. The molecule has 1 N–H and O–H groups in total. The van der Waals surface area contributed by atoms with E-state index in [0.29, 0.717) is 16.7 Å². The lowest BCUT2D eigenvalue weighted by Crippen LogP contribution is -2.01. The molecule has 0 atom stereocenters. The number of carboxylic acids is 1. The summed E-state index contributed by atoms with van der Waals surface area (Å²) in [6.07, 6.45) is 3.28. The molecule has 3 aromatic heterocycles. The lowest BCUT2D eigenvalue weighted by molar-refractivity contribution is -0.133. The van der Waals surface area contributed by atoms with Gasteiger partial charge in [0.1, 0.15) is 5.76 Å². The van der Waals surface area contributed by atoms with Crippen molar-refractivity contribution in [1.82, 2.24) is 14.9 Å². The van der Waals surface area contributed by atoms with Crippen molar-refractivity contribution in [1.29, 1.82) is 0 Å². The van der Waals surface area contributed by atoms with Gasteiger partial charge in [-0.2, -0.15) is 9.78 Å². The van der Waals surface area contributed by atoms with Gasteiger partial charge in [-0.05, 0) is 32.0 Å². The summed E-state index contributed by atoms with van der Waals surface area (Å²) >= 11 is 2.69. The molecule has 0 radical (unpaired) electrons. The van der Waals surface area contributed by atoms with Crippen LogP contribution in [-0.4, -0.2) is 37.9 Å². The monoisotopic (exact) mass is 362 g/mol. The molecule has 0 fully saturated rings. The molecule has 0 saturated heterocycles. The van der Waals surface area contributed by atoms with E-state index in [1.165, 1.54) is 4.88 Å². The van der Waals surface area contributed by atoms with Crippen LogP contribution >= 0.6 is 23.1 Å². The average Bonchev–Trinajstić information content (AvgIpc) is 3.23. The van der Waals surface area contributed by atoms with E-state index in [-0.39, 0.29) is 5.75 Å². The van der Waals surface area contributed by atoms with Crippen molar-refractivity contribution in [3.8, 4) is 11.4 Å². The molecule has 3 heterocycles. The smallest absolute Gasteiger partial charge is 0.313 e. The van der Waals surface area contributed by atoms with E-state index in [9.17, 15) is 4.79 Å². The number of hydrogen-bond acceptors (Lipinski definition) is 7. The highest BCUT2D eigenvalue weighted by molar-refractivity contribution is 7.99. The van der Waals surface area contributed by atoms with Gasteiger partial charge >= 0.3 is 5.97 Å². The molecule has 0 aliphatic rings. The largest absolute Gasteiger partial charge is 0.481 e. The first kappa shape index (κ1) is 16.5. The highest BCUT2D eigenvalue weighted by atomic mass is 32.2. The summed E-state index contributed by atoms with van der Waals surface area (Å²) in [4.78, 5) is 13.0. The summed E-state index contributed by atoms with van der Waals surface area (Å²) in [5, 5.41) is 21.9. The Bertz CT molecular complexity index is 894. The fraction of sp³-hybridized carbons (Fsp3) is 0.200. The van der Waals surface area contributed by atoms with Gasteiger partial charge in [0, 0.05) is 9.75 Å². The first-order chi connectivity index (χ1) is 11.5. The number of nitrogens with zero attached hydrogens (tertiary/aromatic N) is 4. The van der Waals surface area contributed by atoms with E-state index < -0.39 is 5.97 Å². The number of aryl methyl sites for hydroxylation is 2. The molecule has 0 aliphatic heterocycles. The summed E-state index contributed by atoms with van der Waals surface area (Å²) in [6.45, 7) is 3.85. The maximum Gasteiger partial charge on any atom is 0.313 e. The number of furan rings is 1. The van der Waals surface area contributed by atoms with Crippen molar-refractivity contribution in [2.75, 3.05) is 5.75 Å². The number of rotatable bonds is 6. The number of aliphatic carboxylic acids is 1. The molecule has 7 nitrogen and oxygen atoms in total. The summed E-state index contributed by atoms with van der Waals surface area (Å²) in [5.74, 6) is 0.170. The van der Waals surface area contributed by atoms with Crippen LogP contribution in [0.15, 0.2) is 39.1 Å². The fourth-order valence-electron chi connectivity index (χ4n) is 2.01. The van der Waals surface area contributed by atoms with Gasteiger partial charge in [0.05, 0.1) is 23.8 Å². The zero-order valence-electron chi connectivity index (χ0n) is 13.0.